The van der Waals surface area contributed by atoms with Crippen LogP contribution in [0.1, 0.15) is 48.8 Å². The average molecular weight is 598 g/mol. The molecule has 3 aliphatic rings. The first-order chi connectivity index (χ1) is 18.4. The lowest BCUT2D eigenvalue weighted by molar-refractivity contribution is -0.348. The highest BCUT2D eigenvalue weighted by Gasteiger charge is 2.74. The normalized spacial score (nSPS) is 26.1. The number of halogens is 8. The number of amides is 1. The van der Waals surface area contributed by atoms with E-state index in [9.17, 15) is 53.4 Å². The van der Waals surface area contributed by atoms with Gasteiger partial charge in [0.05, 0.1) is 4.90 Å². The van der Waals surface area contributed by atoms with E-state index in [0.29, 0.717) is 12.1 Å². The second-order valence-corrected chi connectivity index (χ2v) is 12.9. The number of carbonyl (C=O) groups is 1. The molecule has 5 nitrogen and oxygen atoms in total. The minimum Gasteiger partial charge on any atom is -0.380 e. The van der Waals surface area contributed by atoms with Crippen LogP contribution >= 0.6 is 0 Å². The van der Waals surface area contributed by atoms with Crippen molar-refractivity contribution < 1.29 is 53.4 Å². The smallest absolute Gasteiger partial charge is 0.380 e. The Morgan fingerprint density at radius 1 is 0.900 bits per heavy atom. The Morgan fingerprint density at radius 2 is 1.50 bits per heavy atom. The monoisotopic (exact) mass is 597 g/mol. The Morgan fingerprint density at radius 3 is 2.05 bits per heavy atom. The molecule has 2 aromatic rings. The minimum absolute atomic E-state index is 0.0618. The van der Waals surface area contributed by atoms with Crippen LogP contribution in [-0.4, -0.2) is 43.4 Å². The fourth-order valence-corrected chi connectivity index (χ4v) is 8.67. The van der Waals surface area contributed by atoms with Crippen molar-refractivity contribution in [1.29, 1.82) is 0 Å². The van der Waals surface area contributed by atoms with Gasteiger partial charge in [-0.1, -0.05) is 18.2 Å². The van der Waals surface area contributed by atoms with E-state index in [-0.39, 0.29) is 54.5 Å². The van der Waals surface area contributed by atoms with E-state index >= 15 is 0 Å². The molecule has 0 aromatic heterocycles. The zero-order chi connectivity index (χ0) is 29.5. The average Bonchev–Trinajstić information content (AvgIpc) is 3.51. The molecule has 0 bridgehead atoms. The van der Waals surface area contributed by atoms with Crippen molar-refractivity contribution in [3.05, 3.63) is 65.0 Å². The number of nitrogens with one attached hydrogen (secondary N) is 1. The summed E-state index contributed by atoms with van der Waals surface area (Å²) in [6.07, 6.45) is -12.7. The van der Waals surface area contributed by atoms with Crippen molar-refractivity contribution in [1.82, 2.24) is 5.32 Å². The van der Waals surface area contributed by atoms with E-state index in [2.05, 4.69) is 5.32 Å². The van der Waals surface area contributed by atoms with Crippen LogP contribution in [0.25, 0.3) is 0 Å². The van der Waals surface area contributed by atoms with Crippen LogP contribution in [0.4, 0.5) is 35.1 Å². The largest absolute Gasteiger partial charge is 0.435 e. The highest BCUT2D eigenvalue weighted by atomic mass is 32.2. The molecular weight excluding hydrogens is 574 g/mol. The molecule has 0 unspecified atom stereocenters. The molecule has 1 amide bonds. The first-order valence-corrected chi connectivity index (χ1v) is 13.9. The van der Waals surface area contributed by atoms with Gasteiger partial charge < -0.3 is 10.4 Å². The molecule has 3 aliphatic carbocycles. The molecule has 14 heteroatoms. The summed E-state index contributed by atoms with van der Waals surface area (Å²) in [6.45, 7) is 0. The molecule has 2 fully saturated rings. The van der Waals surface area contributed by atoms with Gasteiger partial charge >= 0.3 is 18.0 Å². The Kier molecular flexibility index (Phi) is 6.39. The minimum atomic E-state index is -6.35. The third kappa shape index (κ3) is 4.04. The molecular formula is C26H23F8NO4S. The van der Waals surface area contributed by atoms with Crippen LogP contribution in [0.15, 0.2) is 47.4 Å². The number of carbonyl (C=O) groups excluding carboxylic acids is 1. The Hall–Kier alpha value is -2.74. The maximum Gasteiger partial charge on any atom is 0.435 e. The summed E-state index contributed by atoms with van der Waals surface area (Å²) in [7, 11) is -4.50. The number of sulfone groups is 1. The fourth-order valence-electron chi connectivity index (χ4n) is 6.20. The lowest BCUT2D eigenvalue weighted by Gasteiger charge is -2.43. The quantitative estimate of drug-likeness (QED) is 0.369. The number of aryl methyl sites for hydroxylation is 1. The summed E-state index contributed by atoms with van der Waals surface area (Å²) in [4.78, 5) is 12.3. The van der Waals surface area contributed by atoms with Gasteiger partial charge in [0.15, 0.2) is 9.84 Å². The third-order valence-electron chi connectivity index (χ3n) is 8.44. The maximum atomic E-state index is 14.9. The number of aliphatic hydroxyl groups is 1. The highest BCUT2D eigenvalue weighted by molar-refractivity contribution is 7.92. The first kappa shape index (κ1) is 28.8. The number of rotatable bonds is 5. The van der Waals surface area contributed by atoms with Gasteiger partial charge in [-0.15, -0.1) is 0 Å². The summed E-state index contributed by atoms with van der Waals surface area (Å²) in [5, 5.41) is 12.9. The van der Waals surface area contributed by atoms with Gasteiger partial charge in [-0.05, 0) is 73.9 Å². The van der Waals surface area contributed by atoms with Crippen molar-refractivity contribution in [3.8, 4) is 0 Å². The van der Waals surface area contributed by atoms with Gasteiger partial charge in [0.1, 0.15) is 16.2 Å². The predicted molar refractivity (Wildman–Crippen MR) is 124 cm³/mol. The van der Waals surface area contributed by atoms with Gasteiger partial charge in [-0.2, -0.15) is 26.3 Å². The van der Waals surface area contributed by atoms with Crippen LogP contribution < -0.4 is 5.32 Å². The molecule has 0 aliphatic heterocycles. The van der Waals surface area contributed by atoms with E-state index < -0.39 is 67.5 Å². The molecule has 40 heavy (non-hydrogen) atoms. The second kappa shape index (κ2) is 8.88. The summed E-state index contributed by atoms with van der Waals surface area (Å²) in [5.41, 5.74) is -9.31. The zero-order valence-electron chi connectivity index (χ0n) is 20.5. The van der Waals surface area contributed by atoms with Gasteiger partial charge in [0.25, 0.3) is 5.91 Å². The third-order valence-corrected chi connectivity index (χ3v) is 11.0. The number of fused-ring (bicyclic) bond motifs is 3. The van der Waals surface area contributed by atoms with Crippen LogP contribution in [-0.2, 0) is 31.5 Å². The standard InChI is InChI=1S/C26H23F8NO4S/c27-16-3-5-17(6-4-16)40(38,39)23-10-9-20(35-21(36)22(37)11-12-22)19(23)7-1-14-13-15(2-8-18(14)23)24(28,25(29,30)31)26(32,33)34/h2-6,8,13,19-20,37H,1,7,9-12H2,(H,35,36)/t19-,20+,23+/m0/s1. The van der Waals surface area contributed by atoms with E-state index in [1.165, 1.54) is 0 Å². The van der Waals surface area contributed by atoms with E-state index in [0.717, 1.165) is 30.3 Å². The lowest BCUT2D eigenvalue weighted by atomic mass is 9.74. The van der Waals surface area contributed by atoms with Crippen LogP contribution in [0.5, 0.6) is 0 Å². The SMILES string of the molecule is O=C(N[C@@H]1CC[C@@]2(S(=O)(=O)c3ccc(F)cc3)c3ccc(C(F)(C(F)(F)F)C(F)(F)F)cc3CC[C@@H]12)C1(O)CC1. The molecule has 2 saturated carbocycles. The highest BCUT2D eigenvalue weighted by Crippen LogP contribution is 2.59. The summed E-state index contributed by atoms with van der Waals surface area (Å²) < 4.78 is 136. The summed E-state index contributed by atoms with van der Waals surface area (Å²) >= 11 is 0. The molecule has 2 N–H and O–H groups in total. The Labute approximate surface area is 223 Å². The molecule has 0 spiro atoms. The van der Waals surface area contributed by atoms with Crippen LogP contribution in [0.2, 0.25) is 0 Å². The first-order valence-electron chi connectivity index (χ1n) is 12.4. The predicted octanol–water partition coefficient (Wildman–Crippen LogP) is 5.15. The second-order valence-electron chi connectivity index (χ2n) is 10.7. The van der Waals surface area contributed by atoms with Crippen molar-refractivity contribution in [3.63, 3.8) is 0 Å². The molecule has 0 radical (unpaired) electrons. The molecule has 218 valence electrons. The molecule has 2 aromatic carbocycles. The van der Waals surface area contributed by atoms with Gasteiger partial charge in [-0.3, -0.25) is 4.79 Å². The molecule has 0 saturated heterocycles. The Bertz CT molecular complexity index is 1440. The topological polar surface area (TPSA) is 83.5 Å². The number of hydrogen-bond acceptors (Lipinski definition) is 4. The van der Waals surface area contributed by atoms with Crippen LogP contribution in [0, 0.1) is 11.7 Å². The Balaban J connectivity index is 1.66. The van der Waals surface area contributed by atoms with Crippen LogP contribution in [0.3, 0.4) is 0 Å². The van der Waals surface area contributed by atoms with Gasteiger partial charge in [-0.25, -0.2) is 17.2 Å². The maximum absolute atomic E-state index is 14.9. The summed E-state index contributed by atoms with van der Waals surface area (Å²) in [6, 6.07) is 4.47. The van der Waals surface area contributed by atoms with Gasteiger partial charge in [0, 0.05) is 17.5 Å². The van der Waals surface area contributed by atoms with E-state index in [1.807, 2.05) is 0 Å². The van der Waals surface area contributed by atoms with Crippen molar-refractivity contribution in [2.75, 3.05) is 0 Å². The van der Waals surface area contributed by atoms with E-state index in [1.54, 1.807) is 0 Å². The molecule has 3 atom stereocenters. The van der Waals surface area contributed by atoms with E-state index in [4.69, 9.17) is 0 Å². The van der Waals surface area contributed by atoms with Gasteiger partial charge in [0.2, 0.25) is 0 Å². The number of benzene rings is 2. The number of alkyl halides is 7. The molecule has 0 heterocycles. The lowest BCUT2D eigenvalue weighted by Crippen LogP contribution is -2.52. The summed E-state index contributed by atoms with van der Waals surface area (Å²) in [5.74, 6) is -2.34. The van der Waals surface area contributed by atoms with Crippen molar-refractivity contribution in [2.45, 2.75) is 77.8 Å². The molecule has 5 rings (SSSR count). The fraction of sp³-hybridized carbons (Fsp3) is 0.500. The van der Waals surface area contributed by atoms with Crippen molar-refractivity contribution in [2.24, 2.45) is 5.92 Å². The number of hydrogen-bond donors (Lipinski definition) is 2. The zero-order valence-corrected chi connectivity index (χ0v) is 21.4. The van der Waals surface area contributed by atoms with Crippen molar-refractivity contribution >= 4 is 15.7 Å².